The number of hydrogen-bond donors (Lipinski definition) is 1. The highest BCUT2D eigenvalue weighted by Gasteiger charge is 2.13. The number of hydrogen-bond acceptors (Lipinski definition) is 3. The lowest BCUT2D eigenvalue weighted by Crippen LogP contribution is -2.26. The molecule has 1 unspecified atom stereocenters. The molecule has 0 bridgehead atoms. The van der Waals surface area contributed by atoms with Gasteiger partial charge in [0.2, 0.25) is 0 Å². The van der Waals surface area contributed by atoms with Crippen molar-refractivity contribution in [3.05, 3.63) is 51.4 Å². The highest BCUT2D eigenvalue weighted by molar-refractivity contribution is 7.07. The molecule has 0 saturated carbocycles. The van der Waals surface area contributed by atoms with Crippen LogP contribution in [0.1, 0.15) is 24.6 Å². The molecule has 0 radical (unpaired) electrons. The maximum Gasteiger partial charge on any atom is 0.0794 e. The molecule has 0 aliphatic heterocycles. The zero-order chi connectivity index (χ0) is 14.2. The first-order valence-corrected chi connectivity index (χ1v) is 8.43. The van der Waals surface area contributed by atoms with Gasteiger partial charge in [-0.1, -0.05) is 36.7 Å². The van der Waals surface area contributed by atoms with E-state index in [0.29, 0.717) is 5.92 Å². The van der Waals surface area contributed by atoms with E-state index in [1.165, 1.54) is 11.3 Å². The molecular formula is C16H21ClN2S. The third kappa shape index (κ3) is 4.89. The second kappa shape index (κ2) is 8.40. The smallest absolute Gasteiger partial charge is 0.0794 e. The molecule has 1 heterocycles. The topological polar surface area (TPSA) is 24.9 Å². The van der Waals surface area contributed by atoms with Crippen molar-refractivity contribution < 1.29 is 0 Å². The molecule has 20 heavy (non-hydrogen) atoms. The zero-order valence-electron chi connectivity index (χ0n) is 11.8. The number of nitrogens with zero attached hydrogens (tertiary/aromatic N) is 1. The summed E-state index contributed by atoms with van der Waals surface area (Å²) in [7, 11) is 0. The van der Waals surface area contributed by atoms with Gasteiger partial charge in [-0.25, -0.2) is 4.98 Å². The summed E-state index contributed by atoms with van der Waals surface area (Å²) in [4.78, 5) is 4.41. The van der Waals surface area contributed by atoms with Crippen molar-refractivity contribution in [1.29, 1.82) is 0 Å². The molecule has 0 amide bonds. The first-order valence-electron chi connectivity index (χ1n) is 7.10. The molecule has 0 aliphatic carbocycles. The van der Waals surface area contributed by atoms with E-state index in [-0.39, 0.29) is 0 Å². The molecule has 0 spiro atoms. The van der Waals surface area contributed by atoms with Crippen LogP contribution >= 0.6 is 22.9 Å². The first-order chi connectivity index (χ1) is 9.79. The first kappa shape index (κ1) is 15.5. The number of rotatable bonds is 8. The van der Waals surface area contributed by atoms with Crippen molar-refractivity contribution in [2.45, 2.75) is 26.2 Å². The van der Waals surface area contributed by atoms with E-state index in [9.17, 15) is 0 Å². The van der Waals surface area contributed by atoms with Crippen LogP contribution in [0, 0.1) is 5.92 Å². The highest BCUT2D eigenvalue weighted by atomic mass is 35.5. The lowest BCUT2D eigenvalue weighted by molar-refractivity contribution is 0.467. The molecule has 0 saturated heterocycles. The summed E-state index contributed by atoms with van der Waals surface area (Å²) in [5.74, 6) is 0.531. The minimum Gasteiger partial charge on any atom is -0.316 e. The van der Waals surface area contributed by atoms with E-state index in [4.69, 9.17) is 11.6 Å². The zero-order valence-corrected chi connectivity index (χ0v) is 13.4. The molecule has 1 aromatic carbocycles. The number of nitrogens with one attached hydrogen (secondary N) is 1. The van der Waals surface area contributed by atoms with Gasteiger partial charge in [0.15, 0.2) is 0 Å². The standard InChI is InChI=1S/C16H21ClN2S/c1-2-7-18-10-13(9-15-11-20-12-19-15)8-14-5-3-4-6-16(14)17/h3-6,11-13,18H,2,7-10H2,1H3. The van der Waals surface area contributed by atoms with E-state index in [1.54, 1.807) is 11.3 Å². The lowest BCUT2D eigenvalue weighted by Gasteiger charge is -2.17. The van der Waals surface area contributed by atoms with Gasteiger partial charge in [-0.2, -0.15) is 0 Å². The van der Waals surface area contributed by atoms with E-state index in [1.807, 2.05) is 17.6 Å². The van der Waals surface area contributed by atoms with Crippen LogP contribution < -0.4 is 5.32 Å². The van der Waals surface area contributed by atoms with Gasteiger partial charge in [0.05, 0.1) is 11.2 Å². The predicted molar refractivity (Wildman–Crippen MR) is 87.6 cm³/mol. The van der Waals surface area contributed by atoms with Gasteiger partial charge in [0, 0.05) is 10.4 Å². The van der Waals surface area contributed by atoms with Gasteiger partial charge in [-0.3, -0.25) is 0 Å². The predicted octanol–water partition coefficient (Wildman–Crippen LogP) is 4.20. The van der Waals surface area contributed by atoms with Crippen LogP contribution in [0.5, 0.6) is 0 Å². The van der Waals surface area contributed by atoms with E-state index >= 15 is 0 Å². The SMILES string of the molecule is CCCNCC(Cc1cscn1)Cc1ccccc1Cl. The normalized spacial score (nSPS) is 12.5. The Morgan fingerprint density at radius 2 is 2.15 bits per heavy atom. The molecule has 1 atom stereocenters. The Balaban J connectivity index is 1.99. The molecule has 0 fully saturated rings. The van der Waals surface area contributed by atoms with Gasteiger partial charge in [0.25, 0.3) is 0 Å². The van der Waals surface area contributed by atoms with Crippen molar-refractivity contribution in [2.24, 2.45) is 5.92 Å². The van der Waals surface area contributed by atoms with Crippen molar-refractivity contribution in [3.63, 3.8) is 0 Å². The van der Waals surface area contributed by atoms with Crippen LogP contribution in [0.3, 0.4) is 0 Å². The molecule has 4 heteroatoms. The fourth-order valence-electron chi connectivity index (χ4n) is 2.31. The van der Waals surface area contributed by atoms with E-state index in [2.05, 4.69) is 34.7 Å². The van der Waals surface area contributed by atoms with Gasteiger partial charge in [-0.05, 0) is 49.9 Å². The third-order valence-electron chi connectivity index (χ3n) is 3.31. The highest BCUT2D eigenvalue weighted by Crippen LogP contribution is 2.21. The quantitative estimate of drug-likeness (QED) is 0.739. The largest absolute Gasteiger partial charge is 0.316 e. The summed E-state index contributed by atoms with van der Waals surface area (Å²) < 4.78 is 0. The molecule has 0 aliphatic rings. The third-order valence-corrected chi connectivity index (χ3v) is 4.31. The summed E-state index contributed by atoms with van der Waals surface area (Å²) in [6.45, 7) is 4.27. The monoisotopic (exact) mass is 308 g/mol. The van der Waals surface area contributed by atoms with Crippen LogP contribution in [0.15, 0.2) is 35.2 Å². The Morgan fingerprint density at radius 1 is 1.30 bits per heavy atom. The number of benzene rings is 1. The fraction of sp³-hybridized carbons (Fsp3) is 0.438. The van der Waals surface area contributed by atoms with Crippen LogP contribution in [0.25, 0.3) is 0 Å². The Kier molecular flexibility index (Phi) is 6.51. The van der Waals surface area contributed by atoms with E-state index < -0.39 is 0 Å². The van der Waals surface area contributed by atoms with Crippen molar-refractivity contribution >= 4 is 22.9 Å². The summed E-state index contributed by atoms with van der Waals surface area (Å²) >= 11 is 7.94. The average Bonchev–Trinajstić information content (AvgIpc) is 2.94. The Bertz CT molecular complexity index is 499. The Hall–Kier alpha value is -0.900. The molecule has 1 aromatic heterocycles. The summed E-state index contributed by atoms with van der Waals surface area (Å²) in [6, 6.07) is 8.13. The van der Waals surface area contributed by atoms with E-state index in [0.717, 1.165) is 37.4 Å². The number of aromatic nitrogens is 1. The Morgan fingerprint density at radius 3 is 2.85 bits per heavy atom. The minimum absolute atomic E-state index is 0.531. The maximum atomic E-state index is 6.28. The molecule has 2 aromatic rings. The van der Waals surface area contributed by atoms with Gasteiger partial charge >= 0.3 is 0 Å². The molecular weight excluding hydrogens is 288 g/mol. The van der Waals surface area contributed by atoms with Crippen LogP contribution in [0.2, 0.25) is 5.02 Å². The number of halogens is 1. The maximum absolute atomic E-state index is 6.28. The summed E-state index contributed by atoms with van der Waals surface area (Å²) in [5, 5.41) is 6.53. The van der Waals surface area contributed by atoms with Crippen LogP contribution in [-0.2, 0) is 12.8 Å². The van der Waals surface area contributed by atoms with Crippen molar-refractivity contribution in [2.75, 3.05) is 13.1 Å². The molecule has 108 valence electrons. The molecule has 2 rings (SSSR count). The molecule has 1 N–H and O–H groups in total. The molecule has 2 nitrogen and oxygen atoms in total. The van der Waals surface area contributed by atoms with Gasteiger partial charge < -0.3 is 5.32 Å². The van der Waals surface area contributed by atoms with Gasteiger partial charge in [0.1, 0.15) is 0 Å². The summed E-state index contributed by atoms with van der Waals surface area (Å²) in [5.41, 5.74) is 4.32. The van der Waals surface area contributed by atoms with Gasteiger partial charge in [-0.15, -0.1) is 11.3 Å². The summed E-state index contributed by atoms with van der Waals surface area (Å²) in [6.07, 6.45) is 3.16. The fourth-order valence-corrected chi connectivity index (χ4v) is 3.09. The van der Waals surface area contributed by atoms with Crippen molar-refractivity contribution in [3.8, 4) is 0 Å². The average molecular weight is 309 g/mol. The van der Waals surface area contributed by atoms with Crippen molar-refractivity contribution in [1.82, 2.24) is 10.3 Å². The Labute approximate surface area is 130 Å². The second-order valence-corrected chi connectivity index (χ2v) is 6.18. The lowest BCUT2D eigenvalue weighted by atomic mass is 9.95. The number of thiazole rings is 1. The van der Waals surface area contributed by atoms with Crippen LogP contribution in [0.4, 0.5) is 0 Å². The van der Waals surface area contributed by atoms with Crippen LogP contribution in [-0.4, -0.2) is 18.1 Å². The minimum atomic E-state index is 0.531. The second-order valence-electron chi connectivity index (χ2n) is 5.05.